The Hall–Kier alpha value is -3.43. The molecule has 1 fully saturated rings. The molecule has 1 aliphatic rings. The smallest absolute Gasteiger partial charge is 0.314 e. The number of primary amides is 1. The van der Waals surface area contributed by atoms with Crippen molar-refractivity contribution >= 4 is 23.2 Å². The molecule has 10 nitrogen and oxygen atoms in total. The Bertz CT molecular complexity index is 893. The van der Waals surface area contributed by atoms with Crippen LogP contribution in [0.4, 0.5) is 16.2 Å². The normalized spacial score (nSPS) is 16.8. The zero-order valence-electron chi connectivity index (χ0n) is 14.8. The van der Waals surface area contributed by atoms with Gasteiger partial charge in [-0.2, -0.15) is 0 Å². The molecule has 0 radical (unpaired) electrons. The van der Waals surface area contributed by atoms with Crippen LogP contribution in [0.1, 0.15) is 29.0 Å². The molecule has 10 heteroatoms. The molecule has 1 atom stereocenters. The third-order valence-electron chi connectivity index (χ3n) is 4.57. The largest absolute Gasteiger partial charge is 0.375 e. The third kappa shape index (κ3) is 3.89. The van der Waals surface area contributed by atoms with Gasteiger partial charge in [-0.15, -0.1) is 0 Å². The SMILES string of the molecule is Cn1ccnc1C(=O)c1ccc(N[C@@H]2CCCN(C(N)=O)C2)c([N+](=O)[O-])c1. The number of likely N-dealkylation sites (tertiary alicyclic amines) is 1. The number of benzene rings is 1. The van der Waals surface area contributed by atoms with Crippen molar-refractivity contribution in [2.24, 2.45) is 12.8 Å². The Morgan fingerprint density at radius 2 is 2.19 bits per heavy atom. The average Bonchev–Trinajstić information content (AvgIpc) is 3.07. The predicted molar refractivity (Wildman–Crippen MR) is 97.5 cm³/mol. The lowest BCUT2D eigenvalue weighted by molar-refractivity contribution is -0.384. The average molecular weight is 372 g/mol. The van der Waals surface area contributed by atoms with Crippen LogP contribution in [-0.4, -0.2) is 50.3 Å². The molecule has 142 valence electrons. The van der Waals surface area contributed by atoms with E-state index in [0.717, 1.165) is 12.8 Å². The number of ketones is 1. The van der Waals surface area contributed by atoms with E-state index in [2.05, 4.69) is 10.3 Å². The molecule has 1 aromatic heterocycles. The molecule has 2 aromatic rings. The van der Waals surface area contributed by atoms with E-state index in [1.165, 1.54) is 29.3 Å². The number of carbonyl (C=O) groups is 2. The van der Waals surface area contributed by atoms with Gasteiger partial charge in [0.05, 0.1) is 4.92 Å². The van der Waals surface area contributed by atoms with Crippen LogP contribution in [0.25, 0.3) is 0 Å². The maximum atomic E-state index is 12.5. The quantitative estimate of drug-likeness (QED) is 0.464. The van der Waals surface area contributed by atoms with Crippen molar-refractivity contribution in [1.29, 1.82) is 0 Å². The minimum absolute atomic E-state index is 0.152. The number of nitrogens with two attached hydrogens (primary N) is 1. The van der Waals surface area contributed by atoms with E-state index >= 15 is 0 Å². The lowest BCUT2D eigenvalue weighted by atomic mass is 10.0. The number of anilines is 1. The summed E-state index contributed by atoms with van der Waals surface area (Å²) in [6.07, 6.45) is 4.63. The monoisotopic (exact) mass is 372 g/mol. The molecule has 3 N–H and O–H groups in total. The highest BCUT2D eigenvalue weighted by atomic mass is 16.6. The topological polar surface area (TPSA) is 136 Å². The highest BCUT2D eigenvalue weighted by Gasteiger charge is 2.25. The highest BCUT2D eigenvalue weighted by Crippen LogP contribution is 2.28. The summed E-state index contributed by atoms with van der Waals surface area (Å²) in [4.78, 5) is 40.4. The molecular formula is C17H20N6O4. The van der Waals surface area contributed by atoms with E-state index in [1.54, 1.807) is 17.8 Å². The summed E-state index contributed by atoms with van der Waals surface area (Å²) >= 11 is 0. The number of aromatic nitrogens is 2. The molecule has 3 rings (SSSR count). The number of rotatable bonds is 5. The fourth-order valence-electron chi connectivity index (χ4n) is 3.17. The van der Waals surface area contributed by atoms with Gasteiger partial charge >= 0.3 is 6.03 Å². The van der Waals surface area contributed by atoms with Crippen LogP contribution in [0.15, 0.2) is 30.6 Å². The number of nitrogens with one attached hydrogen (secondary N) is 1. The molecule has 0 bridgehead atoms. The van der Waals surface area contributed by atoms with Crippen LogP contribution < -0.4 is 11.1 Å². The van der Waals surface area contributed by atoms with Gasteiger partial charge in [0.2, 0.25) is 5.78 Å². The fourth-order valence-corrected chi connectivity index (χ4v) is 3.17. The predicted octanol–water partition coefficient (Wildman–Crippen LogP) is 1.51. The van der Waals surface area contributed by atoms with Gasteiger partial charge in [0.15, 0.2) is 5.82 Å². The molecule has 0 saturated carbocycles. The van der Waals surface area contributed by atoms with E-state index in [0.29, 0.717) is 18.8 Å². The third-order valence-corrected chi connectivity index (χ3v) is 4.57. The van der Waals surface area contributed by atoms with Gasteiger partial charge in [-0.3, -0.25) is 14.9 Å². The minimum Gasteiger partial charge on any atom is -0.375 e. The first kappa shape index (κ1) is 18.4. The lowest BCUT2D eigenvalue weighted by Gasteiger charge is -2.32. The second-order valence-electron chi connectivity index (χ2n) is 6.45. The molecule has 1 saturated heterocycles. The molecule has 2 amide bonds. The second-order valence-corrected chi connectivity index (χ2v) is 6.45. The number of aryl methyl sites for hydroxylation is 1. The molecule has 0 aliphatic carbocycles. The standard InChI is InChI=1S/C17H20N6O4/c1-21-8-6-19-16(21)15(24)11-4-5-13(14(9-11)23(26)27)20-12-3-2-7-22(10-12)17(18)25/h4-6,8-9,12,20H,2-3,7,10H2,1H3,(H2,18,25)/t12-/m1/s1. The van der Waals surface area contributed by atoms with E-state index in [4.69, 9.17) is 5.73 Å². The van der Waals surface area contributed by atoms with Crippen molar-refractivity contribution in [3.05, 3.63) is 52.1 Å². The molecule has 27 heavy (non-hydrogen) atoms. The Morgan fingerprint density at radius 1 is 1.41 bits per heavy atom. The first-order valence-corrected chi connectivity index (χ1v) is 8.48. The summed E-state index contributed by atoms with van der Waals surface area (Å²) in [5, 5.41) is 14.6. The number of carbonyl (C=O) groups excluding carboxylic acids is 2. The van der Waals surface area contributed by atoms with Crippen LogP contribution >= 0.6 is 0 Å². The first-order valence-electron chi connectivity index (χ1n) is 8.48. The van der Waals surface area contributed by atoms with Crippen molar-refractivity contribution in [2.45, 2.75) is 18.9 Å². The van der Waals surface area contributed by atoms with Crippen LogP contribution in [0, 0.1) is 10.1 Å². The van der Waals surface area contributed by atoms with Crippen LogP contribution in [-0.2, 0) is 7.05 Å². The Balaban J connectivity index is 1.84. The maximum Gasteiger partial charge on any atom is 0.314 e. The molecule has 0 spiro atoms. The zero-order valence-corrected chi connectivity index (χ0v) is 14.8. The first-order chi connectivity index (χ1) is 12.9. The van der Waals surface area contributed by atoms with Gasteiger partial charge in [0.25, 0.3) is 5.69 Å². The van der Waals surface area contributed by atoms with Crippen LogP contribution in [0.5, 0.6) is 0 Å². The maximum absolute atomic E-state index is 12.5. The Kier molecular flexibility index (Phi) is 5.06. The fraction of sp³-hybridized carbons (Fsp3) is 0.353. The summed E-state index contributed by atoms with van der Waals surface area (Å²) in [6, 6.07) is 3.63. The Morgan fingerprint density at radius 3 is 2.81 bits per heavy atom. The zero-order chi connectivity index (χ0) is 19.6. The number of amides is 2. The van der Waals surface area contributed by atoms with Crippen molar-refractivity contribution in [3.63, 3.8) is 0 Å². The van der Waals surface area contributed by atoms with Crippen molar-refractivity contribution in [2.75, 3.05) is 18.4 Å². The highest BCUT2D eigenvalue weighted by molar-refractivity contribution is 6.07. The summed E-state index contributed by atoms with van der Waals surface area (Å²) in [5.74, 6) is -0.191. The van der Waals surface area contributed by atoms with Gasteiger partial charge in [-0.05, 0) is 25.0 Å². The lowest BCUT2D eigenvalue weighted by Crippen LogP contribution is -2.47. The second kappa shape index (κ2) is 7.44. The summed E-state index contributed by atoms with van der Waals surface area (Å²) in [5.41, 5.74) is 5.60. The van der Waals surface area contributed by atoms with Gasteiger partial charge in [0.1, 0.15) is 5.69 Å². The number of hydrogen-bond acceptors (Lipinski definition) is 6. The van der Waals surface area contributed by atoms with Gasteiger partial charge < -0.3 is 20.5 Å². The number of piperidine rings is 1. The number of urea groups is 1. The van der Waals surface area contributed by atoms with E-state index in [1.807, 2.05) is 0 Å². The van der Waals surface area contributed by atoms with Gasteiger partial charge in [-0.25, -0.2) is 9.78 Å². The van der Waals surface area contributed by atoms with E-state index < -0.39 is 16.7 Å². The molecule has 2 heterocycles. The molecule has 0 unspecified atom stereocenters. The van der Waals surface area contributed by atoms with Crippen molar-refractivity contribution < 1.29 is 14.5 Å². The van der Waals surface area contributed by atoms with Gasteiger partial charge in [0, 0.05) is 50.2 Å². The Labute approximate surface area is 155 Å². The minimum atomic E-state index is -0.536. The summed E-state index contributed by atoms with van der Waals surface area (Å²) in [7, 11) is 1.68. The van der Waals surface area contributed by atoms with Gasteiger partial charge in [-0.1, -0.05) is 0 Å². The van der Waals surface area contributed by atoms with E-state index in [9.17, 15) is 19.7 Å². The number of hydrogen-bond donors (Lipinski definition) is 2. The summed E-state index contributed by atoms with van der Waals surface area (Å²) < 4.78 is 1.56. The number of nitrogens with zero attached hydrogens (tertiary/aromatic N) is 4. The molecule has 1 aliphatic heterocycles. The summed E-state index contributed by atoms with van der Waals surface area (Å²) in [6.45, 7) is 0.952. The van der Waals surface area contributed by atoms with Crippen LogP contribution in [0.2, 0.25) is 0 Å². The van der Waals surface area contributed by atoms with Crippen LogP contribution in [0.3, 0.4) is 0 Å². The van der Waals surface area contributed by atoms with Crippen molar-refractivity contribution in [1.82, 2.24) is 14.5 Å². The van der Waals surface area contributed by atoms with E-state index in [-0.39, 0.29) is 23.1 Å². The molecular weight excluding hydrogens is 352 g/mol. The van der Waals surface area contributed by atoms with Crippen molar-refractivity contribution in [3.8, 4) is 0 Å². The molecule has 1 aromatic carbocycles. The number of nitro groups is 1. The number of nitro benzene ring substituents is 1. The number of imidazole rings is 1.